The van der Waals surface area contributed by atoms with E-state index in [0.29, 0.717) is 11.9 Å². The Bertz CT molecular complexity index is 278. The molecule has 0 fully saturated rings. The molecule has 0 aliphatic heterocycles. The third-order valence-electron chi connectivity index (χ3n) is 2.12. The van der Waals surface area contributed by atoms with Crippen LogP contribution in [0.25, 0.3) is 0 Å². The molecule has 14 heavy (non-hydrogen) atoms. The van der Waals surface area contributed by atoms with E-state index in [9.17, 15) is 4.39 Å². The monoisotopic (exact) mass is 197 g/mol. The van der Waals surface area contributed by atoms with Crippen LogP contribution in [-0.4, -0.2) is 16.0 Å². The van der Waals surface area contributed by atoms with E-state index in [2.05, 4.69) is 29.1 Å². The first kappa shape index (κ1) is 10.9. The Hall–Kier alpha value is -1.19. The summed E-state index contributed by atoms with van der Waals surface area (Å²) >= 11 is 0. The van der Waals surface area contributed by atoms with Gasteiger partial charge in [0.05, 0.1) is 0 Å². The highest BCUT2D eigenvalue weighted by Crippen LogP contribution is 2.10. The van der Waals surface area contributed by atoms with Crippen molar-refractivity contribution in [2.75, 3.05) is 5.32 Å². The quantitative estimate of drug-likeness (QED) is 0.737. The van der Waals surface area contributed by atoms with E-state index in [1.165, 1.54) is 12.4 Å². The molecule has 0 aliphatic carbocycles. The predicted molar refractivity (Wildman–Crippen MR) is 54.6 cm³/mol. The molecule has 4 heteroatoms. The van der Waals surface area contributed by atoms with E-state index in [4.69, 9.17) is 0 Å². The lowest BCUT2D eigenvalue weighted by atomic mass is 10.1. The van der Waals surface area contributed by atoms with E-state index in [1.54, 1.807) is 0 Å². The van der Waals surface area contributed by atoms with Crippen LogP contribution in [0.3, 0.4) is 0 Å². The van der Waals surface area contributed by atoms with Crippen molar-refractivity contribution >= 4 is 5.82 Å². The zero-order valence-corrected chi connectivity index (χ0v) is 8.63. The second kappa shape index (κ2) is 5.52. The fourth-order valence-electron chi connectivity index (χ4n) is 1.35. The van der Waals surface area contributed by atoms with Gasteiger partial charge in [-0.2, -0.15) is 4.39 Å². The van der Waals surface area contributed by atoms with Gasteiger partial charge in [0.15, 0.2) is 0 Å². The summed E-state index contributed by atoms with van der Waals surface area (Å²) in [5.74, 6) is 0.0756. The van der Waals surface area contributed by atoms with Crippen LogP contribution in [0, 0.1) is 5.95 Å². The highest BCUT2D eigenvalue weighted by atomic mass is 19.1. The number of nitrogens with zero attached hydrogens (tertiary/aromatic N) is 2. The summed E-state index contributed by atoms with van der Waals surface area (Å²) in [7, 11) is 0. The number of rotatable bonds is 5. The number of hydrogen-bond donors (Lipinski definition) is 1. The third-order valence-corrected chi connectivity index (χ3v) is 2.12. The molecule has 1 aromatic heterocycles. The first-order valence-corrected chi connectivity index (χ1v) is 5.00. The molecular weight excluding hydrogens is 181 g/mol. The molecule has 1 heterocycles. The topological polar surface area (TPSA) is 37.8 Å². The van der Waals surface area contributed by atoms with Crippen molar-refractivity contribution in [3.63, 3.8) is 0 Å². The fourth-order valence-corrected chi connectivity index (χ4v) is 1.35. The van der Waals surface area contributed by atoms with Gasteiger partial charge in [-0.1, -0.05) is 20.3 Å². The van der Waals surface area contributed by atoms with Crippen molar-refractivity contribution in [3.8, 4) is 0 Å². The summed E-state index contributed by atoms with van der Waals surface area (Å²) in [5.41, 5.74) is 0. The van der Waals surface area contributed by atoms with E-state index in [1.807, 2.05) is 0 Å². The minimum absolute atomic E-state index is 0.370. The Morgan fingerprint density at radius 1 is 1.43 bits per heavy atom. The highest BCUT2D eigenvalue weighted by Gasteiger charge is 2.05. The van der Waals surface area contributed by atoms with Gasteiger partial charge >= 0.3 is 0 Å². The second-order valence-corrected chi connectivity index (χ2v) is 3.26. The van der Waals surface area contributed by atoms with Gasteiger partial charge < -0.3 is 5.32 Å². The van der Waals surface area contributed by atoms with Gasteiger partial charge in [0.1, 0.15) is 12.1 Å². The Labute approximate surface area is 83.8 Å². The largest absolute Gasteiger partial charge is 0.367 e. The number of halogens is 1. The normalized spacial score (nSPS) is 12.5. The van der Waals surface area contributed by atoms with Crippen LogP contribution in [0.1, 0.15) is 33.1 Å². The Morgan fingerprint density at radius 2 is 2.21 bits per heavy atom. The maximum Gasteiger partial charge on any atom is 0.217 e. The molecule has 0 saturated carbocycles. The molecule has 78 valence electrons. The van der Waals surface area contributed by atoms with Crippen molar-refractivity contribution < 1.29 is 4.39 Å². The zero-order chi connectivity index (χ0) is 10.4. The summed E-state index contributed by atoms with van der Waals surface area (Å²) < 4.78 is 12.7. The van der Waals surface area contributed by atoms with Gasteiger partial charge in [-0.3, -0.25) is 0 Å². The van der Waals surface area contributed by atoms with Crippen molar-refractivity contribution in [1.29, 1.82) is 0 Å². The fraction of sp³-hybridized carbons (Fsp3) is 0.600. The lowest BCUT2D eigenvalue weighted by Crippen LogP contribution is -2.18. The molecule has 0 aliphatic rings. The Kier molecular flexibility index (Phi) is 4.29. The molecular formula is C10H16FN3. The van der Waals surface area contributed by atoms with E-state index in [0.717, 1.165) is 19.3 Å². The smallest absolute Gasteiger partial charge is 0.217 e. The molecule has 1 atom stereocenters. The molecule has 0 saturated heterocycles. The van der Waals surface area contributed by atoms with Crippen LogP contribution in [0.5, 0.6) is 0 Å². The molecule has 0 aromatic carbocycles. The average Bonchev–Trinajstić information content (AvgIpc) is 2.17. The van der Waals surface area contributed by atoms with Crippen LogP contribution < -0.4 is 5.32 Å². The van der Waals surface area contributed by atoms with Gasteiger partial charge in [0.2, 0.25) is 5.95 Å². The van der Waals surface area contributed by atoms with Crippen molar-refractivity contribution in [3.05, 3.63) is 18.3 Å². The van der Waals surface area contributed by atoms with Gasteiger partial charge in [0.25, 0.3) is 0 Å². The maximum atomic E-state index is 12.7. The first-order valence-electron chi connectivity index (χ1n) is 5.00. The van der Waals surface area contributed by atoms with Gasteiger partial charge in [-0.15, -0.1) is 0 Å². The minimum Gasteiger partial charge on any atom is -0.367 e. The number of anilines is 1. The summed E-state index contributed by atoms with van der Waals surface area (Å²) in [4.78, 5) is 7.35. The zero-order valence-electron chi connectivity index (χ0n) is 8.63. The van der Waals surface area contributed by atoms with Crippen LogP contribution in [0.2, 0.25) is 0 Å². The SMILES string of the molecule is CCCC(CC)Nc1cc(F)ncn1. The third kappa shape index (κ3) is 3.28. The van der Waals surface area contributed by atoms with Crippen LogP contribution in [0.4, 0.5) is 10.2 Å². The lowest BCUT2D eigenvalue weighted by Gasteiger charge is -2.16. The van der Waals surface area contributed by atoms with Crippen LogP contribution in [-0.2, 0) is 0 Å². The van der Waals surface area contributed by atoms with E-state index >= 15 is 0 Å². The molecule has 0 radical (unpaired) electrons. The Balaban J connectivity index is 2.57. The average molecular weight is 197 g/mol. The molecule has 0 bridgehead atoms. The van der Waals surface area contributed by atoms with Crippen molar-refractivity contribution in [2.24, 2.45) is 0 Å². The lowest BCUT2D eigenvalue weighted by molar-refractivity contribution is 0.576. The standard InChI is InChI=1S/C10H16FN3/c1-3-5-8(4-2)14-10-6-9(11)12-7-13-10/h6-8H,3-5H2,1-2H3,(H,12,13,14). The number of aromatic nitrogens is 2. The van der Waals surface area contributed by atoms with Crippen molar-refractivity contribution in [2.45, 2.75) is 39.2 Å². The van der Waals surface area contributed by atoms with E-state index < -0.39 is 5.95 Å². The molecule has 0 spiro atoms. The summed E-state index contributed by atoms with van der Waals surface area (Å²) in [5, 5.41) is 3.18. The van der Waals surface area contributed by atoms with Crippen molar-refractivity contribution in [1.82, 2.24) is 9.97 Å². The van der Waals surface area contributed by atoms with E-state index in [-0.39, 0.29) is 0 Å². The van der Waals surface area contributed by atoms with Gasteiger partial charge in [-0.25, -0.2) is 9.97 Å². The molecule has 1 rings (SSSR count). The summed E-state index contributed by atoms with van der Waals surface area (Å²) in [6.45, 7) is 4.23. The van der Waals surface area contributed by atoms with Crippen LogP contribution >= 0.6 is 0 Å². The number of nitrogens with one attached hydrogen (secondary N) is 1. The van der Waals surface area contributed by atoms with Gasteiger partial charge in [0, 0.05) is 12.1 Å². The predicted octanol–water partition coefficient (Wildman–Crippen LogP) is 2.61. The molecule has 1 unspecified atom stereocenters. The van der Waals surface area contributed by atoms with Crippen LogP contribution in [0.15, 0.2) is 12.4 Å². The molecule has 0 amide bonds. The highest BCUT2D eigenvalue weighted by molar-refractivity contribution is 5.33. The minimum atomic E-state index is -0.492. The molecule has 1 aromatic rings. The molecule has 1 N–H and O–H groups in total. The van der Waals surface area contributed by atoms with Gasteiger partial charge in [-0.05, 0) is 12.8 Å². The maximum absolute atomic E-state index is 12.7. The second-order valence-electron chi connectivity index (χ2n) is 3.26. The molecule has 3 nitrogen and oxygen atoms in total. The summed E-state index contributed by atoms with van der Waals surface area (Å²) in [6.07, 6.45) is 4.43. The Morgan fingerprint density at radius 3 is 2.79 bits per heavy atom. The first-order chi connectivity index (χ1) is 6.76. The summed E-state index contributed by atoms with van der Waals surface area (Å²) in [6, 6.07) is 1.69. The number of hydrogen-bond acceptors (Lipinski definition) is 3.